The van der Waals surface area contributed by atoms with Crippen molar-refractivity contribution in [2.45, 2.75) is 25.4 Å². The molecule has 0 saturated heterocycles. The summed E-state index contributed by atoms with van der Waals surface area (Å²) < 4.78 is 0. The SMILES string of the molecule is O=C([O-])C(=O)CC1C=CC(O)CC1. The van der Waals surface area contributed by atoms with Crippen LogP contribution in [-0.2, 0) is 9.59 Å². The Hall–Kier alpha value is -1.16. The van der Waals surface area contributed by atoms with Gasteiger partial charge >= 0.3 is 0 Å². The van der Waals surface area contributed by atoms with Crippen LogP contribution in [-0.4, -0.2) is 23.0 Å². The van der Waals surface area contributed by atoms with Crippen molar-refractivity contribution in [3.8, 4) is 0 Å². The maximum absolute atomic E-state index is 10.7. The summed E-state index contributed by atoms with van der Waals surface area (Å²) in [5.41, 5.74) is 0. The number of allylic oxidation sites excluding steroid dienone is 1. The molecule has 2 unspecified atom stereocenters. The molecule has 0 fully saturated rings. The van der Waals surface area contributed by atoms with Gasteiger partial charge in [-0.2, -0.15) is 0 Å². The molecule has 0 saturated carbocycles. The van der Waals surface area contributed by atoms with Gasteiger partial charge < -0.3 is 15.0 Å². The number of ketones is 1. The minimum absolute atomic E-state index is 0.0223. The fraction of sp³-hybridized carbons (Fsp3) is 0.556. The molecule has 1 aliphatic rings. The highest BCUT2D eigenvalue weighted by molar-refractivity contribution is 6.31. The Labute approximate surface area is 75.9 Å². The molecule has 2 atom stereocenters. The third-order valence-electron chi connectivity index (χ3n) is 2.11. The largest absolute Gasteiger partial charge is 0.542 e. The summed E-state index contributed by atoms with van der Waals surface area (Å²) in [4.78, 5) is 20.8. The summed E-state index contributed by atoms with van der Waals surface area (Å²) >= 11 is 0. The molecule has 1 N–H and O–H groups in total. The van der Waals surface area contributed by atoms with Gasteiger partial charge in [0.1, 0.15) is 5.97 Å². The minimum atomic E-state index is -1.63. The lowest BCUT2D eigenvalue weighted by Gasteiger charge is -2.18. The Kier molecular flexibility index (Phi) is 3.19. The third kappa shape index (κ3) is 2.99. The number of rotatable bonds is 3. The Morgan fingerprint density at radius 2 is 2.08 bits per heavy atom. The number of hydrogen-bond donors (Lipinski definition) is 1. The van der Waals surface area contributed by atoms with Crippen molar-refractivity contribution in [2.24, 2.45) is 5.92 Å². The summed E-state index contributed by atoms with van der Waals surface area (Å²) in [7, 11) is 0. The van der Waals surface area contributed by atoms with Gasteiger partial charge in [0.15, 0.2) is 5.78 Å². The van der Waals surface area contributed by atoms with Gasteiger partial charge in [0.25, 0.3) is 0 Å². The first-order valence-electron chi connectivity index (χ1n) is 4.20. The minimum Gasteiger partial charge on any atom is -0.542 e. The van der Waals surface area contributed by atoms with Crippen LogP contribution in [0.15, 0.2) is 12.2 Å². The van der Waals surface area contributed by atoms with Crippen LogP contribution in [0, 0.1) is 5.92 Å². The summed E-state index contributed by atoms with van der Waals surface area (Å²) in [5, 5.41) is 19.2. The number of Topliss-reactive ketones (excluding diaryl/α,β-unsaturated/α-hetero) is 1. The zero-order chi connectivity index (χ0) is 9.84. The first-order valence-corrected chi connectivity index (χ1v) is 4.20. The fourth-order valence-corrected chi connectivity index (χ4v) is 1.35. The average Bonchev–Trinajstić information content (AvgIpc) is 2.08. The van der Waals surface area contributed by atoms with E-state index in [0.717, 1.165) is 0 Å². The molecule has 4 nitrogen and oxygen atoms in total. The topological polar surface area (TPSA) is 77.4 Å². The van der Waals surface area contributed by atoms with Gasteiger partial charge in [-0.3, -0.25) is 4.79 Å². The smallest absolute Gasteiger partial charge is 0.178 e. The van der Waals surface area contributed by atoms with Crippen LogP contribution in [0.5, 0.6) is 0 Å². The zero-order valence-corrected chi connectivity index (χ0v) is 7.10. The van der Waals surface area contributed by atoms with E-state index in [1.165, 1.54) is 0 Å². The predicted octanol–water partition coefficient (Wildman–Crippen LogP) is -0.977. The van der Waals surface area contributed by atoms with E-state index < -0.39 is 17.9 Å². The zero-order valence-electron chi connectivity index (χ0n) is 7.10. The molecule has 0 amide bonds. The van der Waals surface area contributed by atoms with Crippen LogP contribution >= 0.6 is 0 Å². The van der Waals surface area contributed by atoms with Crippen molar-refractivity contribution in [1.82, 2.24) is 0 Å². The van der Waals surface area contributed by atoms with E-state index >= 15 is 0 Å². The molecule has 0 radical (unpaired) electrons. The highest BCUT2D eigenvalue weighted by Gasteiger charge is 2.16. The Bertz CT molecular complexity index is 244. The number of hydrogen-bond acceptors (Lipinski definition) is 4. The van der Waals surface area contributed by atoms with Crippen molar-refractivity contribution in [3.63, 3.8) is 0 Å². The van der Waals surface area contributed by atoms with Gasteiger partial charge in [0, 0.05) is 6.42 Å². The van der Waals surface area contributed by atoms with Crippen molar-refractivity contribution < 1.29 is 19.8 Å². The van der Waals surface area contributed by atoms with Gasteiger partial charge in [-0.25, -0.2) is 0 Å². The van der Waals surface area contributed by atoms with Gasteiger partial charge in [0.2, 0.25) is 0 Å². The molecular formula is C9H11O4-. The number of aliphatic carboxylic acids is 1. The molecule has 0 spiro atoms. The maximum atomic E-state index is 10.7. The normalized spacial score (nSPS) is 27.2. The Morgan fingerprint density at radius 1 is 1.38 bits per heavy atom. The number of aliphatic hydroxyl groups is 1. The molecule has 4 heteroatoms. The van der Waals surface area contributed by atoms with E-state index in [-0.39, 0.29) is 12.3 Å². The van der Waals surface area contributed by atoms with Crippen LogP contribution < -0.4 is 5.11 Å². The van der Waals surface area contributed by atoms with E-state index in [1.54, 1.807) is 12.2 Å². The van der Waals surface area contributed by atoms with E-state index in [0.29, 0.717) is 12.8 Å². The molecule has 72 valence electrons. The first kappa shape index (κ1) is 9.92. The summed E-state index contributed by atoms with van der Waals surface area (Å²) in [6.07, 6.45) is 4.05. The molecule has 0 aromatic heterocycles. The highest BCUT2D eigenvalue weighted by atomic mass is 16.4. The van der Waals surface area contributed by atoms with E-state index in [9.17, 15) is 14.7 Å². The molecule has 0 aliphatic heterocycles. The molecule has 1 aliphatic carbocycles. The van der Waals surface area contributed by atoms with Gasteiger partial charge in [0.05, 0.1) is 6.10 Å². The fourth-order valence-electron chi connectivity index (χ4n) is 1.35. The number of carboxylic acid groups (broad SMARTS) is 1. The number of carbonyl (C=O) groups excluding carboxylic acids is 2. The number of carbonyl (C=O) groups is 2. The Balaban J connectivity index is 2.43. The third-order valence-corrected chi connectivity index (χ3v) is 2.11. The molecular weight excluding hydrogens is 172 g/mol. The highest BCUT2D eigenvalue weighted by Crippen LogP contribution is 2.20. The van der Waals surface area contributed by atoms with Crippen molar-refractivity contribution in [2.75, 3.05) is 0 Å². The van der Waals surface area contributed by atoms with Gasteiger partial charge in [-0.15, -0.1) is 0 Å². The van der Waals surface area contributed by atoms with E-state index in [2.05, 4.69) is 0 Å². The number of aliphatic hydroxyl groups excluding tert-OH is 1. The molecule has 1 rings (SSSR count). The summed E-state index contributed by atoms with van der Waals surface area (Å²) in [6.45, 7) is 0. The van der Waals surface area contributed by atoms with Crippen molar-refractivity contribution in [3.05, 3.63) is 12.2 Å². The maximum Gasteiger partial charge on any atom is 0.178 e. The predicted molar refractivity (Wildman–Crippen MR) is 42.5 cm³/mol. The molecule has 0 heterocycles. The van der Waals surface area contributed by atoms with E-state index in [1.807, 2.05) is 0 Å². The van der Waals surface area contributed by atoms with Crippen LogP contribution in [0.1, 0.15) is 19.3 Å². The second-order valence-corrected chi connectivity index (χ2v) is 3.20. The number of carboxylic acids is 1. The molecule has 13 heavy (non-hydrogen) atoms. The van der Waals surface area contributed by atoms with Crippen LogP contribution in [0.25, 0.3) is 0 Å². The molecule has 0 aromatic carbocycles. The second-order valence-electron chi connectivity index (χ2n) is 3.20. The van der Waals surface area contributed by atoms with Crippen molar-refractivity contribution >= 4 is 11.8 Å². The second kappa shape index (κ2) is 4.18. The monoisotopic (exact) mass is 183 g/mol. The van der Waals surface area contributed by atoms with Gasteiger partial charge in [-0.05, 0) is 18.8 Å². The standard InChI is InChI=1S/C9H12O4/c10-7-3-1-6(2-4-7)5-8(11)9(12)13/h1,3,6-7,10H,2,4-5H2,(H,12,13)/p-1. The lowest BCUT2D eigenvalue weighted by molar-refractivity contribution is -0.300. The van der Waals surface area contributed by atoms with E-state index in [4.69, 9.17) is 5.11 Å². The Morgan fingerprint density at radius 3 is 2.54 bits per heavy atom. The van der Waals surface area contributed by atoms with Crippen LogP contribution in [0.2, 0.25) is 0 Å². The van der Waals surface area contributed by atoms with Crippen LogP contribution in [0.3, 0.4) is 0 Å². The van der Waals surface area contributed by atoms with Crippen molar-refractivity contribution in [1.29, 1.82) is 0 Å². The quantitative estimate of drug-likeness (QED) is 0.450. The van der Waals surface area contributed by atoms with Crippen LogP contribution in [0.4, 0.5) is 0 Å². The average molecular weight is 183 g/mol. The summed E-state index contributed by atoms with van der Waals surface area (Å²) in [5.74, 6) is -2.56. The summed E-state index contributed by atoms with van der Waals surface area (Å²) in [6, 6.07) is 0. The lowest BCUT2D eigenvalue weighted by atomic mass is 9.90. The lowest BCUT2D eigenvalue weighted by Crippen LogP contribution is -2.33. The molecule has 0 aromatic rings. The van der Waals surface area contributed by atoms with Gasteiger partial charge in [-0.1, -0.05) is 12.2 Å². The first-order chi connectivity index (χ1) is 6.09. The molecule has 0 bridgehead atoms.